The summed E-state index contributed by atoms with van der Waals surface area (Å²) in [5, 5.41) is 9.61. The topological polar surface area (TPSA) is 119 Å². The van der Waals surface area contributed by atoms with Crippen LogP contribution >= 0.6 is 0 Å². The molecule has 9 nitrogen and oxygen atoms in total. The average Bonchev–Trinajstić information content (AvgIpc) is 3.02. The predicted molar refractivity (Wildman–Crippen MR) is 163 cm³/mol. The maximum atomic E-state index is 13.4. The van der Waals surface area contributed by atoms with Crippen LogP contribution in [0, 0.1) is 0 Å². The van der Waals surface area contributed by atoms with Gasteiger partial charge < -0.3 is 29.8 Å². The summed E-state index contributed by atoms with van der Waals surface area (Å²) >= 11 is 0. The Morgan fingerprint density at radius 3 is 2.31 bits per heavy atom. The third-order valence-corrected chi connectivity index (χ3v) is 7.54. The highest BCUT2D eigenvalue weighted by molar-refractivity contribution is 6.12. The summed E-state index contributed by atoms with van der Waals surface area (Å²) in [4.78, 5) is 39.1. The molecule has 0 spiro atoms. The Morgan fingerprint density at radius 2 is 1.57 bits per heavy atom. The molecule has 3 aromatic carbocycles. The molecule has 0 unspecified atom stereocenters. The van der Waals surface area contributed by atoms with Crippen LogP contribution in [0.1, 0.15) is 58.6 Å². The summed E-state index contributed by atoms with van der Waals surface area (Å²) in [6.45, 7) is 0.919. The molecule has 1 fully saturated rings. The summed E-state index contributed by atoms with van der Waals surface area (Å²) in [6.07, 6.45) is 7.35. The van der Waals surface area contributed by atoms with Gasteiger partial charge in [0, 0.05) is 23.9 Å². The number of fused-ring (bicyclic) bond motifs is 1. The first kappa shape index (κ1) is 28.9. The molecular weight excluding hydrogens is 534 g/mol. The van der Waals surface area contributed by atoms with Crippen LogP contribution in [0.4, 0.5) is 11.4 Å². The molecule has 0 aliphatic heterocycles. The average molecular weight is 570 g/mol. The molecule has 2 amide bonds. The second-order valence-electron chi connectivity index (χ2n) is 10.4. The van der Waals surface area contributed by atoms with Crippen LogP contribution in [0.3, 0.4) is 0 Å². The largest absolute Gasteiger partial charge is 0.493 e. The summed E-state index contributed by atoms with van der Waals surface area (Å²) in [6, 6.07) is 19.1. The van der Waals surface area contributed by atoms with Gasteiger partial charge in [-0.25, -0.2) is 0 Å². The first-order chi connectivity index (χ1) is 20.4. The van der Waals surface area contributed by atoms with E-state index in [9.17, 15) is 14.4 Å². The Balaban J connectivity index is 1.31. The number of nitrogens with one attached hydrogen (secondary N) is 3. The maximum absolute atomic E-state index is 13.4. The van der Waals surface area contributed by atoms with Crippen LogP contribution in [-0.2, 0) is 6.42 Å². The van der Waals surface area contributed by atoms with Gasteiger partial charge in [-0.2, -0.15) is 0 Å². The fraction of sp³-hybridized carbons (Fsp3) is 0.303. The molecule has 1 aromatic heterocycles. The number of carbonyl (C=O) groups excluding carboxylic acids is 2. The lowest BCUT2D eigenvalue weighted by atomic mass is 9.95. The predicted octanol–water partition coefficient (Wildman–Crippen LogP) is 5.78. The third-order valence-electron chi connectivity index (χ3n) is 7.54. The minimum absolute atomic E-state index is 0.143. The summed E-state index contributed by atoms with van der Waals surface area (Å²) in [5.41, 5.74) is 2.03. The van der Waals surface area contributed by atoms with Gasteiger partial charge in [-0.3, -0.25) is 14.4 Å². The van der Waals surface area contributed by atoms with Crippen molar-refractivity contribution in [2.45, 2.75) is 44.6 Å². The zero-order chi connectivity index (χ0) is 29.5. The van der Waals surface area contributed by atoms with Crippen LogP contribution in [0.15, 0.2) is 75.9 Å². The highest BCUT2D eigenvalue weighted by Gasteiger charge is 2.21. The van der Waals surface area contributed by atoms with Crippen molar-refractivity contribution in [3.8, 4) is 11.5 Å². The van der Waals surface area contributed by atoms with E-state index >= 15 is 0 Å². The molecule has 0 atom stereocenters. The number of ether oxygens (including phenoxy) is 2. The van der Waals surface area contributed by atoms with Gasteiger partial charge in [0.25, 0.3) is 11.8 Å². The summed E-state index contributed by atoms with van der Waals surface area (Å²) in [5.74, 6) is -0.703. The second-order valence-corrected chi connectivity index (χ2v) is 10.4. The number of anilines is 2. The van der Waals surface area contributed by atoms with Crippen molar-refractivity contribution in [3.63, 3.8) is 0 Å². The lowest BCUT2D eigenvalue weighted by Crippen LogP contribution is -2.32. The summed E-state index contributed by atoms with van der Waals surface area (Å²) < 4.78 is 16.5. The van der Waals surface area contributed by atoms with Gasteiger partial charge in [0.05, 0.1) is 30.9 Å². The van der Waals surface area contributed by atoms with Crippen molar-refractivity contribution in [2.75, 3.05) is 31.4 Å². The molecule has 42 heavy (non-hydrogen) atoms. The normalized spacial score (nSPS) is 13.5. The number of benzene rings is 3. The first-order valence-electron chi connectivity index (χ1n) is 14.2. The number of carbonyl (C=O) groups is 2. The quantitative estimate of drug-likeness (QED) is 0.222. The molecule has 1 aliphatic carbocycles. The highest BCUT2D eigenvalue weighted by atomic mass is 16.5. The fourth-order valence-electron chi connectivity index (χ4n) is 5.25. The number of para-hydroxylation sites is 1. The van der Waals surface area contributed by atoms with E-state index < -0.39 is 11.8 Å². The van der Waals surface area contributed by atoms with E-state index in [1.165, 1.54) is 64.0 Å². The fourth-order valence-corrected chi connectivity index (χ4v) is 5.25. The van der Waals surface area contributed by atoms with E-state index in [2.05, 4.69) is 16.0 Å². The van der Waals surface area contributed by atoms with E-state index in [0.29, 0.717) is 28.6 Å². The van der Waals surface area contributed by atoms with Crippen molar-refractivity contribution in [1.29, 1.82) is 0 Å². The first-order valence-corrected chi connectivity index (χ1v) is 14.2. The van der Waals surface area contributed by atoms with E-state index in [1.807, 2.05) is 24.3 Å². The zero-order valence-corrected chi connectivity index (χ0v) is 23.8. The third kappa shape index (κ3) is 6.80. The van der Waals surface area contributed by atoms with E-state index in [-0.39, 0.29) is 28.0 Å². The molecule has 3 N–H and O–H groups in total. The minimum atomic E-state index is -0.690. The molecule has 0 radical (unpaired) electrons. The van der Waals surface area contributed by atoms with Crippen LogP contribution in [0.25, 0.3) is 11.0 Å². The van der Waals surface area contributed by atoms with E-state index in [4.69, 9.17) is 13.9 Å². The van der Waals surface area contributed by atoms with Crippen molar-refractivity contribution >= 4 is 34.2 Å². The van der Waals surface area contributed by atoms with Crippen molar-refractivity contribution in [1.82, 2.24) is 5.32 Å². The number of rotatable bonds is 10. The minimum Gasteiger partial charge on any atom is -0.493 e. The zero-order valence-electron chi connectivity index (χ0n) is 23.8. The number of hydrogen-bond donors (Lipinski definition) is 3. The second kappa shape index (κ2) is 13.4. The van der Waals surface area contributed by atoms with Gasteiger partial charge in [-0.15, -0.1) is 0 Å². The lowest BCUT2D eigenvalue weighted by molar-refractivity contribution is 0.0997. The number of methoxy groups -OCH3 is 2. The standard InChI is InChI=1S/C33H35N3O6/c1-40-29-18-25(32(38)35-23-14-12-21(13-15-23)16-17-34-22-8-4-3-5-9-22)26(19-30(29)41-2)36-33(39)31-20-27(37)24-10-6-7-11-28(24)42-31/h6-7,10-15,18-20,22,34H,3-5,8-9,16-17H2,1-2H3,(H,35,38)(H,36,39). The molecule has 1 aliphatic rings. The number of hydrogen-bond acceptors (Lipinski definition) is 7. The molecule has 1 heterocycles. The van der Waals surface area contributed by atoms with Crippen LogP contribution < -0.4 is 30.9 Å². The van der Waals surface area contributed by atoms with E-state index in [0.717, 1.165) is 19.0 Å². The van der Waals surface area contributed by atoms with E-state index in [1.54, 1.807) is 24.3 Å². The lowest BCUT2D eigenvalue weighted by Gasteiger charge is -2.22. The molecule has 1 saturated carbocycles. The van der Waals surface area contributed by atoms with Crippen LogP contribution in [0.5, 0.6) is 11.5 Å². The Hall–Kier alpha value is -4.63. The number of amides is 2. The van der Waals surface area contributed by atoms with Gasteiger partial charge in [0.1, 0.15) is 5.58 Å². The van der Waals surface area contributed by atoms with Gasteiger partial charge in [-0.05, 0) is 61.7 Å². The molecule has 0 saturated heterocycles. The Labute approximate surface area is 244 Å². The summed E-state index contributed by atoms with van der Waals surface area (Å²) in [7, 11) is 2.92. The molecule has 4 aromatic rings. The van der Waals surface area contributed by atoms with Gasteiger partial charge in [-0.1, -0.05) is 43.5 Å². The van der Waals surface area contributed by atoms with Crippen LogP contribution in [0.2, 0.25) is 0 Å². The smallest absolute Gasteiger partial charge is 0.291 e. The highest BCUT2D eigenvalue weighted by Crippen LogP contribution is 2.34. The van der Waals surface area contributed by atoms with Crippen molar-refractivity contribution in [3.05, 3.63) is 93.8 Å². The van der Waals surface area contributed by atoms with Gasteiger partial charge >= 0.3 is 0 Å². The molecule has 218 valence electrons. The SMILES string of the molecule is COc1cc(NC(=O)c2cc(=O)c3ccccc3o2)c(C(=O)Nc2ccc(CCNC3CCCCC3)cc2)cc1OC. The van der Waals surface area contributed by atoms with Gasteiger partial charge in [0.15, 0.2) is 22.7 Å². The van der Waals surface area contributed by atoms with Crippen molar-refractivity contribution < 1.29 is 23.5 Å². The maximum Gasteiger partial charge on any atom is 0.291 e. The molecular formula is C33H35N3O6. The molecule has 9 heteroatoms. The van der Waals surface area contributed by atoms with Crippen molar-refractivity contribution in [2.24, 2.45) is 0 Å². The molecule has 0 bridgehead atoms. The Morgan fingerprint density at radius 1 is 0.857 bits per heavy atom. The monoisotopic (exact) mass is 569 g/mol. The van der Waals surface area contributed by atoms with Crippen LogP contribution in [-0.4, -0.2) is 38.6 Å². The Bertz CT molecular complexity index is 1620. The Kier molecular flexibility index (Phi) is 9.18. The van der Waals surface area contributed by atoms with Gasteiger partial charge in [0.2, 0.25) is 0 Å². The molecule has 5 rings (SSSR count).